The Bertz CT molecular complexity index is 2620. The van der Waals surface area contributed by atoms with Crippen molar-refractivity contribution in [2.75, 3.05) is 4.90 Å². The molecule has 0 N–H and O–H groups in total. The lowest BCUT2D eigenvalue weighted by atomic mass is 9.84. The highest BCUT2D eigenvalue weighted by atomic mass is 32.2. The molecule has 224 valence electrons. The van der Waals surface area contributed by atoms with Crippen LogP contribution >= 0.6 is 0 Å². The fourth-order valence-corrected chi connectivity index (χ4v) is 9.43. The fraction of sp³-hybridized carbons (Fsp3) is 0.0476. The van der Waals surface area contributed by atoms with Gasteiger partial charge in [-0.2, -0.15) is 0 Å². The molecule has 0 unspecified atom stereocenters. The second-order valence-corrected chi connectivity index (χ2v) is 14.5. The van der Waals surface area contributed by atoms with Crippen molar-refractivity contribution in [1.29, 1.82) is 0 Å². The predicted octanol–water partition coefficient (Wildman–Crippen LogP) is 10.0. The Morgan fingerprint density at radius 1 is 0.447 bits per heavy atom. The second-order valence-electron chi connectivity index (χ2n) is 12.6. The molecule has 1 aliphatic heterocycles. The lowest BCUT2D eigenvalue weighted by Crippen LogP contribution is -2.22. The van der Waals surface area contributed by atoms with Gasteiger partial charge in [-0.3, -0.25) is 0 Å². The predicted molar refractivity (Wildman–Crippen MR) is 190 cm³/mol. The van der Waals surface area contributed by atoms with Crippen molar-refractivity contribution in [1.82, 2.24) is 4.57 Å². The number of rotatable bonds is 2. The van der Waals surface area contributed by atoms with Crippen molar-refractivity contribution >= 4 is 59.5 Å². The Morgan fingerprint density at radius 2 is 0.979 bits per heavy atom. The number of hydrogen-bond donors (Lipinski definition) is 0. The van der Waals surface area contributed by atoms with Crippen LogP contribution in [0.2, 0.25) is 0 Å². The highest BCUT2D eigenvalue weighted by Gasteiger charge is 2.34. The summed E-state index contributed by atoms with van der Waals surface area (Å²) >= 11 is 0. The molecular formula is C42H28N2O2S. The molecule has 0 saturated heterocycles. The largest absolute Gasteiger partial charge is 0.309 e. The molecule has 10 rings (SSSR count). The molecule has 7 aromatic carbocycles. The highest BCUT2D eigenvalue weighted by Crippen LogP contribution is 2.48. The molecule has 0 amide bonds. The Morgan fingerprint density at radius 3 is 1.66 bits per heavy atom. The normalized spacial score (nSPS) is 14.5. The number of sulfone groups is 1. The molecule has 0 fully saturated rings. The van der Waals surface area contributed by atoms with Crippen LogP contribution in [0, 0.1) is 0 Å². The summed E-state index contributed by atoms with van der Waals surface area (Å²) in [5, 5.41) is 4.88. The summed E-state index contributed by atoms with van der Waals surface area (Å²) in [6, 6.07) is 50.0. The zero-order chi connectivity index (χ0) is 31.3. The fourth-order valence-electron chi connectivity index (χ4n) is 7.81. The monoisotopic (exact) mass is 624 g/mol. The summed E-state index contributed by atoms with van der Waals surface area (Å²) in [6.07, 6.45) is 1.77. The van der Waals surface area contributed by atoms with Gasteiger partial charge >= 0.3 is 0 Å². The van der Waals surface area contributed by atoms with Gasteiger partial charge in [0, 0.05) is 22.1 Å². The van der Waals surface area contributed by atoms with E-state index >= 15 is 0 Å². The smallest absolute Gasteiger partial charge is 0.210 e. The summed E-state index contributed by atoms with van der Waals surface area (Å²) in [5.74, 6) is 0. The summed E-state index contributed by atoms with van der Waals surface area (Å²) < 4.78 is 29.4. The quantitative estimate of drug-likeness (QED) is 0.192. The van der Waals surface area contributed by atoms with Gasteiger partial charge in [0.05, 0.1) is 32.2 Å². The first-order chi connectivity index (χ1) is 23.0. The van der Waals surface area contributed by atoms with Gasteiger partial charge in [-0.25, -0.2) is 8.42 Å². The van der Waals surface area contributed by atoms with Crippen LogP contribution < -0.4 is 4.90 Å². The third-order valence-electron chi connectivity index (χ3n) is 9.98. The number of nitrogens with zero attached hydrogens (tertiary/aromatic N) is 2. The number of benzene rings is 7. The van der Waals surface area contributed by atoms with E-state index in [1.165, 1.54) is 55.1 Å². The lowest BCUT2D eigenvalue weighted by Gasteiger charge is -2.33. The van der Waals surface area contributed by atoms with Crippen molar-refractivity contribution in [3.05, 3.63) is 168 Å². The zero-order valence-corrected chi connectivity index (χ0v) is 26.2. The van der Waals surface area contributed by atoms with Crippen LogP contribution in [0.25, 0.3) is 38.3 Å². The van der Waals surface area contributed by atoms with Crippen molar-refractivity contribution < 1.29 is 8.42 Å². The van der Waals surface area contributed by atoms with Crippen LogP contribution in [0.15, 0.2) is 155 Å². The maximum absolute atomic E-state index is 13.5. The average Bonchev–Trinajstić information content (AvgIpc) is 3.44. The Balaban J connectivity index is 1.06. The van der Waals surface area contributed by atoms with Crippen molar-refractivity contribution in [3.8, 4) is 5.69 Å². The molecule has 0 bridgehead atoms. The van der Waals surface area contributed by atoms with Crippen LogP contribution in [0.5, 0.6) is 0 Å². The van der Waals surface area contributed by atoms with E-state index in [1.807, 2.05) is 24.3 Å². The first-order valence-electron chi connectivity index (χ1n) is 15.9. The van der Waals surface area contributed by atoms with Gasteiger partial charge in [0.15, 0.2) is 0 Å². The Labute approximate surface area is 272 Å². The zero-order valence-electron chi connectivity index (χ0n) is 25.4. The van der Waals surface area contributed by atoms with Gasteiger partial charge in [0.25, 0.3) is 0 Å². The maximum Gasteiger partial charge on any atom is 0.210 e. The summed E-state index contributed by atoms with van der Waals surface area (Å²) in [4.78, 5) is 2.75. The molecular weight excluding hydrogens is 597 g/mol. The van der Waals surface area contributed by atoms with Crippen LogP contribution in [0.3, 0.4) is 0 Å². The number of para-hydroxylation sites is 4. The summed E-state index contributed by atoms with van der Waals surface area (Å²) in [5.41, 5.74) is 11.4. The number of hydrogen-bond acceptors (Lipinski definition) is 3. The minimum Gasteiger partial charge on any atom is -0.309 e. The first kappa shape index (κ1) is 26.6. The molecule has 2 aliphatic rings. The second kappa shape index (κ2) is 9.68. The van der Waals surface area contributed by atoms with E-state index in [-0.39, 0.29) is 0 Å². The molecule has 0 radical (unpaired) electrons. The SMILES string of the molecule is O=S1(=O)c2ccccc2N(c2ccc3cc4c(cc3c2)Cc2ccc(-n3c5ccccc5c5ccccc53)cc2C4)c2ccccc21. The molecule has 5 heteroatoms. The van der Waals surface area contributed by atoms with E-state index in [1.54, 1.807) is 24.3 Å². The molecule has 0 atom stereocenters. The summed E-state index contributed by atoms with van der Waals surface area (Å²) in [6.45, 7) is 0. The van der Waals surface area contributed by atoms with E-state index in [9.17, 15) is 8.42 Å². The van der Waals surface area contributed by atoms with Crippen molar-refractivity contribution in [3.63, 3.8) is 0 Å². The molecule has 8 aromatic rings. The first-order valence-corrected chi connectivity index (χ1v) is 17.4. The maximum atomic E-state index is 13.5. The molecule has 0 saturated carbocycles. The van der Waals surface area contributed by atoms with Gasteiger partial charge in [-0.15, -0.1) is 0 Å². The summed E-state index contributed by atoms with van der Waals surface area (Å²) in [7, 11) is -3.61. The Kier molecular flexibility index (Phi) is 5.47. The molecule has 1 aromatic heterocycles. The highest BCUT2D eigenvalue weighted by molar-refractivity contribution is 7.92. The number of fused-ring (bicyclic) bond motifs is 8. The van der Waals surface area contributed by atoms with Gasteiger partial charge in [-0.1, -0.05) is 84.9 Å². The lowest BCUT2D eigenvalue weighted by molar-refractivity contribution is 0.595. The van der Waals surface area contributed by atoms with Gasteiger partial charge in [0.2, 0.25) is 9.84 Å². The molecule has 4 nitrogen and oxygen atoms in total. The van der Waals surface area contributed by atoms with Crippen molar-refractivity contribution in [2.45, 2.75) is 22.6 Å². The minimum atomic E-state index is -3.61. The van der Waals surface area contributed by atoms with Crippen LogP contribution in [-0.4, -0.2) is 13.0 Å². The van der Waals surface area contributed by atoms with E-state index in [0.29, 0.717) is 21.2 Å². The average molecular weight is 625 g/mol. The van der Waals surface area contributed by atoms with Gasteiger partial charge in [0.1, 0.15) is 0 Å². The van der Waals surface area contributed by atoms with Crippen molar-refractivity contribution in [2.24, 2.45) is 0 Å². The van der Waals surface area contributed by atoms with E-state index in [0.717, 1.165) is 23.9 Å². The third-order valence-corrected chi connectivity index (χ3v) is 11.8. The van der Waals surface area contributed by atoms with E-state index in [4.69, 9.17) is 0 Å². The standard InChI is InChI=1S/C42H28N2O2S/c45-47(46)41-15-7-5-13-39(41)44(40-14-6-8-16-42(40)47)34-20-18-28-22-29-23-31-25-33(19-17-27(31)21-30(29)24-32(28)26-34)43-37-11-3-1-9-35(37)36-10-2-4-12-38(36)43/h1-20,22,24-26H,21,23H2. The van der Waals surface area contributed by atoms with E-state index in [2.05, 4.69) is 107 Å². The number of aromatic nitrogens is 1. The topological polar surface area (TPSA) is 42.3 Å². The van der Waals surface area contributed by atoms with Crippen LogP contribution in [0.1, 0.15) is 22.3 Å². The van der Waals surface area contributed by atoms with Crippen LogP contribution in [0.4, 0.5) is 17.1 Å². The number of anilines is 3. The van der Waals surface area contributed by atoms with Gasteiger partial charge < -0.3 is 9.47 Å². The van der Waals surface area contributed by atoms with Crippen LogP contribution in [-0.2, 0) is 22.7 Å². The molecule has 1 aliphatic carbocycles. The molecule has 2 heterocycles. The molecule has 47 heavy (non-hydrogen) atoms. The third kappa shape index (κ3) is 3.84. The van der Waals surface area contributed by atoms with E-state index < -0.39 is 9.84 Å². The van der Waals surface area contributed by atoms with Gasteiger partial charge in [-0.05, 0) is 107 Å². The minimum absolute atomic E-state index is 0.334. The Hall–Kier alpha value is -5.65. The molecule has 0 spiro atoms.